The molecular weight excluding hydrogens is 304 g/mol. The normalized spacial score (nSPS) is 12.4. The van der Waals surface area contributed by atoms with Gasteiger partial charge >= 0.3 is 0 Å². The lowest BCUT2D eigenvalue weighted by Crippen LogP contribution is -2.22. The van der Waals surface area contributed by atoms with Gasteiger partial charge in [-0.05, 0) is 31.9 Å². The molecule has 21 heavy (non-hydrogen) atoms. The Kier molecular flexibility index (Phi) is 6.03. The van der Waals surface area contributed by atoms with Crippen LogP contribution in [0.25, 0.3) is 0 Å². The molecule has 0 aliphatic rings. The molecule has 0 amide bonds. The SMILES string of the molecule is CCC(N)Cc1c(Cl)cccc1OCCc1scnc1C. The van der Waals surface area contributed by atoms with Crippen molar-refractivity contribution < 1.29 is 4.74 Å². The predicted octanol–water partition coefficient (Wildman–Crippen LogP) is 4.01. The van der Waals surface area contributed by atoms with Gasteiger partial charge in [-0.2, -0.15) is 0 Å². The lowest BCUT2D eigenvalue weighted by molar-refractivity contribution is 0.318. The van der Waals surface area contributed by atoms with E-state index in [-0.39, 0.29) is 6.04 Å². The van der Waals surface area contributed by atoms with Crippen LogP contribution in [0.3, 0.4) is 0 Å². The van der Waals surface area contributed by atoms with E-state index in [1.807, 2.05) is 30.6 Å². The van der Waals surface area contributed by atoms with Crippen molar-refractivity contribution in [2.45, 2.75) is 39.2 Å². The molecule has 1 heterocycles. The lowest BCUT2D eigenvalue weighted by atomic mass is 10.0. The zero-order valence-electron chi connectivity index (χ0n) is 12.4. The number of nitrogens with zero attached hydrogens (tertiary/aromatic N) is 1. The summed E-state index contributed by atoms with van der Waals surface area (Å²) in [6.45, 7) is 4.73. The van der Waals surface area contributed by atoms with Gasteiger partial charge in [0.1, 0.15) is 5.75 Å². The smallest absolute Gasteiger partial charge is 0.124 e. The van der Waals surface area contributed by atoms with Crippen LogP contribution in [0.15, 0.2) is 23.7 Å². The van der Waals surface area contributed by atoms with Crippen LogP contribution in [0.5, 0.6) is 5.75 Å². The molecule has 0 radical (unpaired) electrons. The van der Waals surface area contributed by atoms with E-state index in [0.717, 1.165) is 41.3 Å². The number of hydrogen-bond acceptors (Lipinski definition) is 4. The largest absolute Gasteiger partial charge is 0.493 e. The molecule has 2 rings (SSSR count). The molecule has 2 aromatic rings. The monoisotopic (exact) mass is 324 g/mol. The third-order valence-electron chi connectivity index (χ3n) is 3.50. The van der Waals surface area contributed by atoms with Gasteiger partial charge in [0.2, 0.25) is 0 Å². The molecule has 1 atom stereocenters. The number of halogens is 1. The highest BCUT2D eigenvalue weighted by atomic mass is 35.5. The first kappa shape index (κ1) is 16.3. The Hall–Kier alpha value is -1.10. The molecule has 0 saturated heterocycles. The second-order valence-electron chi connectivity index (χ2n) is 5.05. The molecule has 3 nitrogen and oxygen atoms in total. The maximum absolute atomic E-state index is 6.29. The van der Waals surface area contributed by atoms with Gasteiger partial charge in [0.25, 0.3) is 0 Å². The maximum Gasteiger partial charge on any atom is 0.124 e. The van der Waals surface area contributed by atoms with Gasteiger partial charge in [-0.15, -0.1) is 11.3 Å². The number of rotatable bonds is 7. The Morgan fingerprint density at radius 3 is 2.90 bits per heavy atom. The minimum atomic E-state index is 0.107. The average Bonchev–Trinajstić information content (AvgIpc) is 2.87. The zero-order chi connectivity index (χ0) is 15.2. The van der Waals surface area contributed by atoms with E-state index >= 15 is 0 Å². The summed E-state index contributed by atoms with van der Waals surface area (Å²) in [5, 5.41) is 0.727. The first-order chi connectivity index (χ1) is 10.1. The van der Waals surface area contributed by atoms with E-state index < -0.39 is 0 Å². The fourth-order valence-corrected chi connectivity index (χ4v) is 3.10. The van der Waals surface area contributed by atoms with Crippen molar-refractivity contribution >= 4 is 22.9 Å². The molecule has 114 valence electrons. The van der Waals surface area contributed by atoms with Crippen LogP contribution in [0.4, 0.5) is 0 Å². The van der Waals surface area contributed by atoms with Crippen LogP contribution in [0.2, 0.25) is 5.02 Å². The minimum Gasteiger partial charge on any atom is -0.493 e. The van der Waals surface area contributed by atoms with E-state index in [0.29, 0.717) is 6.61 Å². The first-order valence-corrected chi connectivity index (χ1v) is 8.42. The molecule has 2 N–H and O–H groups in total. The van der Waals surface area contributed by atoms with Crippen LogP contribution < -0.4 is 10.5 Å². The van der Waals surface area contributed by atoms with Crippen molar-refractivity contribution in [3.05, 3.63) is 44.9 Å². The first-order valence-electron chi connectivity index (χ1n) is 7.16. The average molecular weight is 325 g/mol. The van der Waals surface area contributed by atoms with Gasteiger partial charge in [0.05, 0.1) is 17.8 Å². The van der Waals surface area contributed by atoms with Crippen molar-refractivity contribution in [1.29, 1.82) is 0 Å². The molecule has 0 spiro atoms. The Balaban J connectivity index is 2.02. The summed E-state index contributed by atoms with van der Waals surface area (Å²) in [6, 6.07) is 5.87. The van der Waals surface area contributed by atoms with Gasteiger partial charge in [-0.3, -0.25) is 0 Å². The molecule has 5 heteroatoms. The molecule has 1 aromatic carbocycles. The number of hydrogen-bond donors (Lipinski definition) is 1. The summed E-state index contributed by atoms with van der Waals surface area (Å²) < 4.78 is 5.93. The standard InChI is InChI=1S/C16H21ClN2OS/c1-3-12(18)9-13-14(17)5-4-6-15(13)20-8-7-16-11(2)19-10-21-16/h4-6,10,12H,3,7-9,18H2,1-2H3. The molecule has 0 aliphatic carbocycles. The Bertz CT molecular complexity index is 585. The van der Waals surface area contributed by atoms with Crippen LogP contribution in [-0.2, 0) is 12.8 Å². The maximum atomic E-state index is 6.29. The quantitative estimate of drug-likeness (QED) is 0.837. The van der Waals surface area contributed by atoms with Gasteiger partial charge < -0.3 is 10.5 Å². The van der Waals surface area contributed by atoms with Crippen molar-refractivity contribution in [3.8, 4) is 5.75 Å². The number of thiazole rings is 1. The highest BCUT2D eigenvalue weighted by Crippen LogP contribution is 2.28. The highest BCUT2D eigenvalue weighted by Gasteiger charge is 2.12. The van der Waals surface area contributed by atoms with Gasteiger partial charge in [-0.25, -0.2) is 4.98 Å². The zero-order valence-corrected chi connectivity index (χ0v) is 14.0. The van der Waals surface area contributed by atoms with Gasteiger partial charge in [-0.1, -0.05) is 24.6 Å². The number of benzene rings is 1. The highest BCUT2D eigenvalue weighted by molar-refractivity contribution is 7.09. The molecule has 0 bridgehead atoms. The summed E-state index contributed by atoms with van der Waals surface area (Å²) >= 11 is 7.96. The Labute approximate surface area is 135 Å². The third kappa shape index (κ3) is 4.43. The molecule has 0 fully saturated rings. The summed E-state index contributed by atoms with van der Waals surface area (Å²) in [4.78, 5) is 5.52. The summed E-state index contributed by atoms with van der Waals surface area (Å²) in [5.41, 5.74) is 10.0. The topological polar surface area (TPSA) is 48.1 Å². The lowest BCUT2D eigenvalue weighted by Gasteiger charge is -2.15. The molecule has 1 aromatic heterocycles. The minimum absolute atomic E-state index is 0.107. The molecule has 0 aliphatic heterocycles. The van der Waals surface area contributed by atoms with Crippen molar-refractivity contribution in [3.63, 3.8) is 0 Å². The van der Waals surface area contributed by atoms with Gasteiger partial charge in [0.15, 0.2) is 0 Å². The Morgan fingerprint density at radius 1 is 1.43 bits per heavy atom. The Morgan fingerprint density at radius 2 is 2.24 bits per heavy atom. The van der Waals surface area contributed by atoms with E-state index in [1.165, 1.54) is 4.88 Å². The third-order valence-corrected chi connectivity index (χ3v) is 4.85. The molecular formula is C16H21ClN2OS. The molecule has 0 saturated carbocycles. The van der Waals surface area contributed by atoms with Gasteiger partial charge in [0, 0.05) is 27.9 Å². The summed E-state index contributed by atoms with van der Waals surface area (Å²) in [6.07, 6.45) is 2.53. The molecule has 1 unspecified atom stereocenters. The van der Waals surface area contributed by atoms with Crippen LogP contribution >= 0.6 is 22.9 Å². The second-order valence-corrected chi connectivity index (χ2v) is 6.39. The van der Waals surface area contributed by atoms with E-state index in [1.54, 1.807) is 11.3 Å². The number of aromatic nitrogens is 1. The van der Waals surface area contributed by atoms with E-state index in [2.05, 4.69) is 11.9 Å². The summed E-state index contributed by atoms with van der Waals surface area (Å²) in [5.74, 6) is 0.841. The predicted molar refractivity (Wildman–Crippen MR) is 89.5 cm³/mol. The van der Waals surface area contributed by atoms with Crippen molar-refractivity contribution in [1.82, 2.24) is 4.98 Å². The van der Waals surface area contributed by atoms with E-state index in [9.17, 15) is 0 Å². The van der Waals surface area contributed by atoms with Crippen LogP contribution in [0.1, 0.15) is 29.5 Å². The van der Waals surface area contributed by atoms with Crippen LogP contribution in [-0.4, -0.2) is 17.6 Å². The van der Waals surface area contributed by atoms with Crippen molar-refractivity contribution in [2.24, 2.45) is 5.73 Å². The fourth-order valence-electron chi connectivity index (χ4n) is 2.10. The number of ether oxygens (including phenoxy) is 1. The summed E-state index contributed by atoms with van der Waals surface area (Å²) in [7, 11) is 0. The number of aryl methyl sites for hydroxylation is 1. The number of nitrogens with two attached hydrogens (primary N) is 1. The van der Waals surface area contributed by atoms with Crippen molar-refractivity contribution in [2.75, 3.05) is 6.61 Å². The second kappa shape index (κ2) is 7.78. The fraction of sp³-hybridized carbons (Fsp3) is 0.438. The van der Waals surface area contributed by atoms with E-state index in [4.69, 9.17) is 22.1 Å². The van der Waals surface area contributed by atoms with Crippen LogP contribution in [0, 0.1) is 6.92 Å².